The predicted molar refractivity (Wildman–Crippen MR) is 159 cm³/mol. The number of nitrogens with zero attached hydrogens (tertiary/aromatic N) is 8. The normalized spacial score (nSPS) is 13.8. The van der Waals surface area contributed by atoms with E-state index in [1.165, 1.54) is 0 Å². The molecule has 204 valence electrons. The zero-order valence-corrected chi connectivity index (χ0v) is 22.9. The maximum absolute atomic E-state index is 12.0. The molecule has 5 aromatic rings. The van der Waals surface area contributed by atoms with Gasteiger partial charge in [-0.05, 0) is 24.2 Å². The summed E-state index contributed by atoms with van der Waals surface area (Å²) >= 11 is 0. The average Bonchev–Trinajstić information content (AvgIpc) is 3.62. The molecule has 1 fully saturated rings. The Morgan fingerprint density at radius 3 is 2.29 bits per heavy atom. The number of carbonyl (C=O) groups excluding carboxylic acids is 1. The molecule has 41 heavy (non-hydrogen) atoms. The van der Waals surface area contributed by atoms with Gasteiger partial charge in [-0.3, -0.25) is 9.48 Å². The van der Waals surface area contributed by atoms with Crippen molar-refractivity contribution >= 4 is 22.7 Å². The van der Waals surface area contributed by atoms with Crippen molar-refractivity contribution in [3.63, 3.8) is 0 Å². The first-order valence-corrected chi connectivity index (χ1v) is 13.3. The summed E-state index contributed by atoms with van der Waals surface area (Å²) in [6.45, 7) is 7.51. The van der Waals surface area contributed by atoms with Crippen LogP contribution in [0.5, 0.6) is 0 Å². The Balaban J connectivity index is 1.41. The van der Waals surface area contributed by atoms with Crippen LogP contribution in [0.25, 0.3) is 44.7 Å². The number of likely N-dealkylation sites (N-methyl/N-ethyl adjacent to an activating group) is 1. The molecule has 4 heterocycles. The number of nitrogens with two attached hydrogens (primary N) is 1. The number of nitriles is 1. The number of anilines is 1. The molecule has 0 spiro atoms. The number of hydrogen-bond acceptors (Lipinski definition) is 7. The van der Waals surface area contributed by atoms with E-state index >= 15 is 0 Å². The Labute approximate surface area is 237 Å². The topological polar surface area (TPSA) is 121 Å². The third-order valence-corrected chi connectivity index (χ3v) is 7.57. The van der Waals surface area contributed by atoms with Crippen molar-refractivity contribution in [2.75, 3.05) is 38.1 Å². The van der Waals surface area contributed by atoms with Gasteiger partial charge in [0, 0.05) is 67.4 Å². The van der Waals surface area contributed by atoms with E-state index in [1.807, 2.05) is 55.8 Å². The minimum Gasteiger partial charge on any atom is -0.368 e. The lowest BCUT2D eigenvalue weighted by atomic mass is 9.96. The van der Waals surface area contributed by atoms with Crippen LogP contribution in [0.3, 0.4) is 0 Å². The fraction of sp³-hybridized carbons (Fsp3) is 0.194. The first-order chi connectivity index (χ1) is 19.8. The third-order valence-electron chi connectivity index (χ3n) is 7.57. The average molecular weight is 544 g/mol. The Kier molecular flexibility index (Phi) is 6.57. The highest BCUT2D eigenvalue weighted by Gasteiger charge is 2.21. The number of hydrogen-bond donors (Lipinski definition) is 1. The van der Waals surface area contributed by atoms with E-state index in [4.69, 9.17) is 10.7 Å². The number of benzene rings is 2. The minimum atomic E-state index is -0.526. The molecule has 0 unspecified atom stereocenters. The van der Waals surface area contributed by atoms with Crippen molar-refractivity contribution in [1.29, 1.82) is 5.26 Å². The minimum absolute atomic E-state index is 0.304. The molecule has 0 aliphatic carbocycles. The van der Waals surface area contributed by atoms with Gasteiger partial charge in [0.2, 0.25) is 5.91 Å². The van der Waals surface area contributed by atoms with Crippen LogP contribution in [0.15, 0.2) is 73.8 Å². The van der Waals surface area contributed by atoms with Gasteiger partial charge in [0.05, 0.1) is 30.0 Å². The van der Waals surface area contributed by atoms with Crippen LogP contribution in [0.2, 0.25) is 0 Å². The summed E-state index contributed by atoms with van der Waals surface area (Å²) in [6.07, 6.45) is 7.02. The number of amides is 1. The van der Waals surface area contributed by atoms with E-state index in [9.17, 15) is 10.1 Å². The van der Waals surface area contributed by atoms with Crippen LogP contribution in [0.4, 0.5) is 5.69 Å². The van der Waals surface area contributed by atoms with Crippen LogP contribution >= 0.6 is 0 Å². The lowest BCUT2D eigenvalue weighted by molar-refractivity contribution is -0.112. The number of primary amides is 1. The standard InChI is InChI=1S/C31H29N9O/c1-20(31(33)41)26-9-8-23(14-28(26)39-12-10-37(2)11-13-39)21-4-6-22(7-5-21)29-30-24(15-32)16-35-40(30)19-27(36-29)25-17-34-38(3)18-25/h4-9,14,16-19H,1,10-13H2,2-3H3,(H2,33,41). The molecule has 3 aromatic heterocycles. The lowest BCUT2D eigenvalue weighted by Gasteiger charge is -2.35. The maximum Gasteiger partial charge on any atom is 0.248 e. The van der Waals surface area contributed by atoms with E-state index in [0.717, 1.165) is 59.7 Å². The van der Waals surface area contributed by atoms with E-state index < -0.39 is 5.91 Å². The molecule has 2 aromatic carbocycles. The summed E-state index contributed by atoms with van der Waals surface area (Å²) in [5, 5.41) is 18.4. The molecule has 1 amide bonds. The fourth-order valence-electron chi connectivity index (χ4n) is 5.22. The molecule has 2 N–H and O–H groups in total. The number of fused-ring (bicyclic) bond motifs is 1. The molecule has 1 saturated heterocycles. The van der Waals surface area contributed by atoms with Gasteiger partial charge in [-0.15, -0.1) is 0 Å². The molecule has 10 heteroatoms. The lowest BCUT2D eigenvalue weighted by Crippen LogP contribution is -2.44. The molecular weight excluding hydrogens is 514 g/mol. The van der Waals surface area contributed by atoms with Gasteiger partial charge in [0.1, 0.15) is 17.1 Å². The van der Waals surface area contributed by atoms with E-state index in [1.54, 1.807) is 21.6 Å². The number of aryl methyl sites for hydroxylation is 1. The molecule has 0 saturated carbocycles. The molecule has 1 aliphatic rings. The molecule has 0 bridgehead atoms. The fourth-order valence-corrected chi connectivity index (χ4v) is 5.22. The maximum atomic E-state index is 12.0. The second-order valence-electron chi connectivity index (χ2n) is 10.3. The first kappa shape index (κ1) is 26.0. The smallest absolute Gasteiger partial charge is 0.248 e. The van der Waals surface area contributed by atoms with Crippen LogP contribution in [0, 0.1) is 11.3 Å². The highest BCUT2D eigenvalue weighted by molar-refractivity contribution is 6.19. The van der Waals surface area contributed by atoms with E-state index in [-0.39, 0.29) is 0 Å². The van der Waals surface area contributed by atoms with Crippen molar-refractivity contribution in [1.82, 2.24) is 29.3 Å². The highest BCUT2D eigenvalue weighted by atomic mass is 16.1. The Morgan fingerprint density at radius 2 is 1.63 bits per heavy atom. The summed E-state index contributed by atoms with van der Waals surface area (Å²) in [5.74, 6) is -0.526. The highest BCUT2D eigenvalue weighted by Crippen LogP contribution is 2.34. The summed E-state index contributed by atoms with van der Waals surface area (Å²) in [5.41, 5.74) is 13.8. The molecule has 0 atom stereocenters. The quantitative estimate of drug-likeness (QED) is 0.325. The van der Waals surface area contributed by atoms with Crippen LogP contribution in [-0.2, 0) is 11.8 Å². The van der Waals surface area contributed by atoms with Gasteiger partial charge in [-0.25, -0.2) is 9.50 Å². The molecule has 6 rings (SSSR count). The Bertz CT molecular complexity index is 1830. The van der Waals surface area contributed by atoms with Crippen molar-refractivity contribution < 1.29 is 4.79 Å². The SMILES string of the molecule is C=C(C(N)=O)c1ccc(-c2ccc(-c3nc(-c4cnn(C)c4)cn4ncc(C#N)c34)cc2)cc1N1CCN(C)CC1. The zero-order valence-electron chi connectivity index (χ0n) is 22.9. The Hall–Kier alpha value is -5.27. The van der Waals surface area contributed by atoms with Gasteiger partial charge in [0.25, 0.3) is 0 Å². The summed E-state index contributed by atoms with van der Waals surface area (Å²) in [4.78, 5) is 21.5. The second kappa shape index (κ2) is 10.4. The van der Waals surface area contributed by atoms with Gasteiger partial charge in [-0.2, -0.15) is 15.5 Å². The van der Waals surface area contributed by atoms with Crippen molar-refractivity contribution in [2.24, 2.45) is 12.8 Å². The van der Waals surface area contributed by atoms with Gasteiger partial charge >= 0.3 is 0 Å². The predicted octanol–water partition coefficient (Wildman–Crippen LogP) is 3.59. The second-order valence-corrected chi connectivity index (χ2v) is 10.3. The third kappa shape index (κ3) is 4.83. The first-order valence-electron chi connectivity index (χ1n) is 13.3. The molecular formula is C31H29N9O. The summed E-state index contributed by atoms with van der Waals surface area (Å²) in [7, 11) is 3.96. The Morgan fingerprint density at radius 1 is 0.927 bits per heavy atom. The van der Waals surface area contributed by atoms with E-state index in [2.05, 4.69) is 45.8 Å². The van der Waals surface area contributed by atoms with Crippen molar-refractivity contribution in [2.45, 2.75) is 0 Å². The van der Waals surface area contributed by atoms with Crippen LogP contribution in [0.1, 0.15) is 11.1 Å². The number of piperazine rings is 1. The van der Waals surface area contributed by atoms with Crippen molar-refractivity contribution in [3.8, 4) is 39.7 Å². The van der Waals surface area contributed by atoms with Crippen LogP contribution < -0.4 is 10.6 Å². The van der Waals surface area contributed by atoms with Gasteiger partial charge in [0.15, 0.2) is 0 Å². The summed E-state index contributed by atoms with van der Waals surface area (Å²) < 4.78 is 3.42. The molecule has 0 radical (unpaired) electrons. The largest absolute Gasteiger partial charge is 0.368 e. The van der Waals surface area contributed by atoms with Gasteiger partial charge < -0.3 is 15.5 Å². The monoisotopic (exact) mass is 543 g/mol. The molecule has 1 aliphatic heterocycles. The van der Waals surface area contributed by atoms with Gasteiger partial charge in [-0.1, -0.05) is 43.0 Å². The number of aromatic nitrogens is 5. The summed E-state index contributed by atoms with van der Waals surface area (Å²) in [6, 6.07) is 16.3. The van der Waals surface area contributed by atoms with E-state index in [0.29, 0.717) is 28.0 Å². The molecule has 10 nitrogen and oxygen atoms in total. The van der Waals surface area contributed by atoms with Crippen LogP contribution in [-0.4, -0.2) is 68.4 Å². The zero-order chi connectivity index (χ0) is 28.7. The van der Waals surface area contributed by atoms with Crippen molar-refractivity contribution in [3.05, 3.63) is 85.0 Å². The number of rotatable bonds is 6. The number of carbonyl (C=O) groups is 1.